The van der Waals surface area contributed by atoms with Crippen LogP contribution in [-0.4, -0.2) is 48.6 Å². The molecular formula is C28H30N2O5. The summed E-state index contributed by atoms with van der Waals surface area (Å²) in [5.41, 5.74) is 3.37. The summed E-state index contributed by atoms with van der Waals surface area (Å²) in [5.74, 6) is -1.33. The second-order valence-electron chi connectivity index (χ2n) is 8.78. The number of esters is 1. The highest BCUT2D eigenvalue weighted by Crippen LogP contribution is 2.22. The molecule has 3 aromatic rings. The molecule has 7 heteroatoms. The van der Waals surface area contributed by atoms with Gasteiger partial charge in [-0.3, -0.25) is 9.59 Å². The van der Waals surface area contributed by atoms with Crippen LogP contribution in [0.25, 0.3) is 0 Å². The lowest BCUT2D eigenvalue weighted by Gasteiger charge is -2.18. The monoisotopic (exact) mass is 474 g/mol. The molecule has 0 bridgehead atoms. The number of amides is 1. The first-order chi connectivity index (χ1) is 16.9. The van der Waals surface area contributed by atoms with Crippen LogP contribution < -0.4 is 4.90 Å². The Morgan fingerprint density at radius 3 is 2.37 bits per heavy atom. The molecule has 0 N–H and O–H groups in total. The lowest BCUT2D eigenvalue weighted by Crippen LogP contribution is -2.28. The molecule has 1 aromatic heterocycles. The lowest BCUT2D eigenvalue weighted by molar-refractivity contribution is 0.0472. The number of ketones is 1. The molecule has 182 valence electrons. The normalized spacial score (nSPS) is 15.1. The highest BCUT2D eigenvalue weighted by atomic mass is 16.5. The van der Waals surface area contributed by atoms with Crippen molar-refractivity contribution < 1.29 is 23.9 Å². The largest absolute Gasteiger partial charge is 0.454 e. The Morgan fingerprint density at radius 1 is 1.00 bits per heavy atom. The fourth-order valence-corrected chi connectivity index (χ4v) is 4.44. The van der Waals surface area contributed by atoms with Crippen LogP contribution >= 0.6 is 0 Å². The smallest absolute Gasteiger partial charge is 0.339 e. The zero-order valence-electron chi connectivity index (χ0n) is 20.3. The molecule has 7 nitrogen and oxygen atoms in total. The van der Waals surface area contributed by atoms with Crippen molar-refractivity contribution in [2.24, 2.45) is 0 Å². The van der Waals surface area contributed by atoms with Crippen LogP contribution in [0.3, 0.4) is 0 Å². The summed E-state index contributed by atoms with van der Waals surface area (Å²) >= 11 is 0. The summed E-state index contributed by atoms with van der Waals surface area (Å²) in [4.78, 5) is 40.4. The number of anilines is 1. The van der Waals surface area contributed by atoms with Crippen molar-refractivity contribution in [3.63, 3.8) is 0 Å². The number of carbonyl (C=O) groups excluding carboxylic acids is 3. The van der Waals surface area contributed by atoms with Gasteiger partial charge in [0.15, 0.2) is 6.61 Å². The minimum absolute atomic E-state index is 0.122. The van der Waals surface area contributed by atoms with E-state index >= 15 is 0 Å². The summed E-state index contributed by atoms with van der Waals surface area (Å²) < 4.78 is 13.2. The topological polar surface area (TPSA) is 77.8 Å². The van der Waals surface area contributed by atoms with Crippen molar-refractivity contribution in [1.29, 1.82) is 0 Å². The Balaban J connectivity index is 1.45. The van der Waals surface area contributed by atoms with Crippen LogP contribution in [0.5, 0.6) is 0 Å². The van der Waals surface area contributed by atoms with Gasteiger partial charge in [0.25, 0.3) is 5.91 Å². The van der Waals surface area contributed by atoms with Gasteiger partial charge in [0.2, 0.25) is 5.78 Å². The number of rotatable bonds is 8. The van der Waals surface area contributed by atoms with Crippen LogP contribution in [0.15, 0.2) is 60.7 Å². The van der Waals surface area contributed by atoms with E-state index in [1.165, 1.54) is 11.0 Å². The molecule has 0 aliphatic carbocycles. The van der Waals surface area contributed by atoms with Gasteiger partial charge in [-0.1, -0.05) is 30.3 Å². The maximum absolute atomic E-state index is 13.1. The number of para-hydroxylation sites is 1. The van der Waals surface area contributed by atoms with Crippen LogP contribution in [0.4, 0.5) is 5.69 Å². The van der Waals surface area contributed by atoms with Crippen LogP contribution in [0.1, 0.15) is 55.3 Å². The van der Waals surface area contributed by atoms with Crippen molar-refractivity contribution in [3.05, 3.63) is 88.7 Å². The zero-order chi connectivity index (χ0) is 24.9. The molecule has 0 saturated carbocycles. The predicted molar refractivity (Wildman–Crippen MR) is 133 cm³/mol. The van der Waals surface area contributed by atoms with Gasteiger partial charge in [-0.2, -0.15) is 0 Å². The number of nitrogens with zero attached hydrogens (tertiary/aromatic N) is 2. The van der Waals surface area contributed by atoms with Gasteiger partial charge in [-0.15, -0.1) is 0 Å². The van der Waals surface area contributed by atoms with E-state index in [1.807, 2.05) is 50.2 Å². The first-order valence-electron chi connectivity index (χ1n) is 11.8. The third-order valence-electron chi connectivity index (χ3n) is 6.44. The number of ether oxygens (including phenoxy) is 2. The zero-order valence-corrected chi connectivity index (χ0v) is 20.3. The fraction of sp³-hybridized carbons (Fsp3) is 0.321. The standard InChI is InChI=1S/C28H30N2O5/c1-19-16-25(20(2)30(19)17-22-12-9-15-34-22)26(31)18-35-28(33)24-14-8-7-13-23(24)27(32)29(3)21-10-5-4-6-11-21/h4-8,10-11,13-14,16,22H,9,12,15,17-18H2,1-3H3. The number of hydrogen-bond acceptors (Lipinski definition) is 5. The van der Waals surface area contributed by atoms with Crippen LogP contribution in [0, 0.1) is 13.8 Å². The van der Waals surface area contributed by atoms with E-state index in [2.05, 4.69) is 4.57 Å². The number of aromatic nitrogens is 1. The van der Waals surface area contributed by atoms with E-state index < -0.39 is 12.6 Å². The summed E-state index contributed by atoms with van der Waals surface area (Å²) in [7, 11) is 1.65. The number of hydrogen-bond donors (Lipinski definition) is 0. The Hall–Kier alpha value is -3.71. The molecule has 1 aliphatic heterocycles. The molecule has 1 unspecified atom stereocenters. The number of aryl methyl sites for hydroxylation is 1. The molecule has 35 heavy (non-hydrogen) atoms. The summed E-state index contributed by atoms with van der Waals surface area (Å²) in [5, 5.41) is 0. The van der Waals surface area contributed by atoms with Gasteiger partial charge in [-0.05, 0) is 57.0 Å². The van der Waals surface area contributed by atoms with Gasteiger partial charge in [-0.25, -0.2) is 4.79 Å². The highest BCUT2D eigenvalue weighted by molar-refractivity contribution is 6.12. The minimum Gasteiger partial charge on any atom is -0.454 e. The van der Waals surface area contributed by atoms with E-state index in [4.69, 9.17) is 9.47 Å². The molecule has 1 amide bonds. The first kappa shape index (κ1) is 24.4. The summed E-state index contributed by atoms with van der Waals surface area (Å²) in [6.07, 6.45) is 2.22. The molecular weight excluding hydrogens is 444 g/mol. The van der Waals surface area contributed by atoms with Crippen molar-refractivity contribution >= 4 is 23.3 Å². The molecule has 4 rings (SSSR count). The van der Waals surface area contributed by atoms with E-state index in [-0.39, 0.29) is 28.9 Å². The van der Waals surface area contributed by atoms with Gasteiger partial charge in [0, 0.05) is 42.8 Å². The quantitative estimate of drug-likeness (QED) is 0.352. The third-order valence-corrected chi connectivity index (χ3v) is 6.44. The number of carbonyl (C=O) groups is 3. The van der Waals surface area contributed by atoms with Gasteiger partial charge in [0.1, 0.15) is 0 Å². The van der Waals surface area contributed by atoms with Crippen molar-refractivity contribution in [2.75, 3.05) is 25.2 Å². The molecule has 1 fully saturated rings. The van der Waals surface area contributed by atoms with Crippen molar-refractivity contribution in [2.45, 2.75) is 39.3 Å². The maximum atomic E-state index is 13.1. The number of Topliss-reactive ketones (excluding diaryl/α,β-unsaturated/α-hetero) is 1. The second kappa shape index (κ2) is 10.7. The third kappa shape index (κ3) is 5.35. The maximum Gasteiger partial charge on any atom is 0.339 e. The first-order valence-corrected chi connectivity index (χ1v) is 11.8. The second-order valence-corrected chi connectivity index (χ2v) is 8.78. The van der Waals surface area contributed by atoms with E-state index in [0.717, 1.165) is 30.8 Å². The van der Waals surface area contributed by atoms with Crippen LogP contribution in [-0.2, 0) is 16.0 Å². The van der Waals surface area contributed by atoms with E-state index in [1.54, 1.807) is 25.2 Å². The van der Waals surface area contributed by atoms with Gasteiger partial charge >= 0.3 is 5.97 Å². The minimum atomic E-state index is -0.711. The average Bonchev–Trinajstić information content (AvgIpc) is 3.50. The lowest BCUT2D eigenvalue weighted by atomic mass is 10.1. The number of benzene rings is 2. The van der Waals surface area contributed by atoms with Crippen molar-refractivity contribution in [3.8, 4) is 0 Å². The molecule has 0 radical (unpaired) electrons. The van der Waals surface area contributed by atoms with E-state index in [9.17, 15) is 14.4 Å². The molecule has 0 spiro atoms. The SMILES string of the molecule is Cc1cc(C(=O)COC(=O)c2ccccc2C(=O)N(C)c2ccccc2)c(C)n1CC1CCCO1. The summed E-state index contributed by atoms with van der Waals surface area (Å²) in [6.45, 7) is 4.92. The van der Waals surface area contributed by atoms with Gasteiger partial charge < -0.3 is 18.9 Å². The van der Waals surface area contributed by atoms with Gasteiger partial charge in [0.05, 0.1) is 17.2 Å². The molecule has 1 atom stereocenters. The summed E-state index contributed by atoms with van der Waals surface area (Å²) in [6, 6.07) is 17.5. The molecule has 1 saturated heterocycles. The fourth-order valence-electron chi connectivity index (χ4n) is 4.44. The molecule has 2 heterocycles. The molecule has 2 aromatic carbocycles. The van der Waals surface area contributed by atoms with Crippen molar-refractivity contribution in [1.82, 2.24) is 4.57 Å². The molecule has 1 aliphatic rings. The predicted octanol–water partition coefficient (Wildman–Crippen LogP) is 4.60. The average molecular weight is 475 g/mol. The Morgan fingerprint density at radius 2 is 1.69 bits per heavy atom. The highest BCUT2D eigenvalue weighted by Gasteiger charge is 2.24. The Labute approximate surface area is 205 Å². The van der Waals surface area contributed by atoms with E-state index in [0.29, 0.717) is 17.8 Å². The van der Waals surface area contributed by atoms with Crippen LogP contribution in [0.2, 0.25) is 0 Å². The Kier molecular flexibility index (Phi) is 7.46. The Bertz CT molecular complexity index is 1230.